The molecule has 2 amide bonds. The minimum absolute atomic E-state index is 0.0176. The highest BCUT2D eigenvalue weighted by Crippen LogP contribution is 2.23. The van der Waals surface area contributed by atoms with E-state index in [0.717, 1.165) is 43.2 Å². The van der Waals surface area contributed by atoms with Crippen LogP contribution in [0.2, 0.25) is 0 Å². The maximum Gasteiger partial charge on any atom is 0.325 e. The summed E-state index contributed by atoms with van der Waals surface area (Å²) in [6.45, 7) is -0.606. The summed E-state index contributed by atoms with van der Waals surface area (Å²) in [5.41, 5.74) is 2.80. The number of rotatable bonds is 8. The Hall–Kier alpha value is -3.15. The van der Waals surface area contributed by atoms with E-state index >= 15 is 0 Å². The second-order valence-corrected chi connectivity index (χ2v) is 7.58. The predicted octanol–water partition coefficient (Wildman–Crippen LogP) is 3.46. The van der Waals surface area contributed by atoms with Crippen molar-refractivity contribution in [1.82, 2.24) is 5.32 Å². The van der Waals surface area contributed by atoms with E-state index in [0.29, 0.717) is 12.1 Å². The Balaban J connectivity index is 1.43. The molecule has 1 saturated carbocycles. The normalized spacial score (nSPS) is 14.0. The number of carbonyl (C=O) groups is 3. The van der Waals surface area contributed by atoms with Gasteiger partial charge in [-0.25, -0.2) is 0 Å². The van der Waals surface area contributed by atoms with Crippen LogP contribution in [-0.4, -0.2) is 30.9 Å². The molecule has 0 heterocycles. The Morgan fingerprint density at radius 1 is 0.900 bits per heavy atom. The van der Waals surface area contributed by atoms with Gasteiger partial charge in [-0.2, -0.15) is 0 Å². The second-order valence-electron chi connectivity index (χ2n) is 7.58. The molecule has 0 unspecified atom stereocenters. The second kappa shape index (κ2) is 11.1. The van der Waals surface area contributed by atoms with Gasteiger partial charge in [-0.05, 0) is 36.5 Å². The van der Waals surface area contributed by atoms with Gasteiger partial charge >= 0.3 is 5.97 Å². The predicted molar refractivity (Wildman–Crippen MR) is 115 cm³/mol. The molecule has 0 aliphatic heterocycles. The van der Waals surface area contributed by atoms with Crippen LogP contribution in [0.4, 0.5) is 5.69 Å². The van der Waals surface area contributed by atoms with Gasteiger partial charge in [0, 0.05) is 11.6 Å². The van der Waals surface area contributed by atoms with Gasteiger partial charge in [0.05, 0.1) is 0 Å². The van der Waals surface area contributed by atoms with E-state index in [1.54, 1.807) is 0 Å². The first-order chi connectivity index (χ1) is 14.6. The van der Waals surface area contributed by atoms with E-state index in [4.69, 9.17) is 4.74 Å². The zero-order chi connectivity index (χ0) is 21.2. The Kier molecular flexibility index (Phi) is 8.01. The minimum atomic E-state index is -0.619. The van der Waals surface area contributed by atoms with Crippen molar-refractivity contribution in [2.75, 3.05) is 18.5 Å². The fraction of sp³-hybridized carbons (Fsp3) is 0.375. The molecule has 2 aromatic rings. The van der Waals surface area contributed by atoms with E-state index in [1.807, 2.05) is 54.6 Å². The summed E-state index contributed by atoms with van der Waals surface area (Å²) in [5, 5.41) is 5.42. The molecule has 0 radical (unpaired) electrons. The van der Waals surface area contributed by atoms with Crippen molar-refractivity contribution in [3.63, 3.8) is 0 Å². The molecule has 158 valence electrons. The molecule has 3 rings (SSSR count). The Labute approximate surface area is 177 Å². The van der Waals surface area contributed by atoms with Gasteiger partial charge < -0.3 is 15.4 Å². The lowest BCUT2D eigenvalue weighted by Crippen LogP contribution is -2.36. The van der Waals surface area contributed by atoms with Crippen LogP contribution in [-0.2, 0) is 25.5 Å². The number of amides is 2. The summed E-state index contributed by atoms with van der Waals surface area (Å²) in [7, 11) is 0. The molecule has 1 fully saturated rings. The quantitative estimate of drug-likeness (QED) is 0.655. The molecular formula is C24H28N2O4. The average Bonchev–Trinajstić information content (AvgIpc) is 2.78. The van der Waals surface area contributed by atoms with Crippen LogP contribution < -0.4 is 10.6 Å². The van der Waals surface area contributed by atoms with Gasteiger partial charge in [0.25, 0.3) is 5.91 Å². The SMILES string of the molecule is O=C(COC(=O)CNC(=O)C1CCCCC1)Nc1ccccc1Cc1ccccc1. The van der Waals surface area contributed by atoms with Crippen molar-refractivity contribution in [2.24, 2.45) is 5.92 Å². The number of para-hydroxylation sites is 1. The minimum Gasteiger partial charge on any atom is -0.454 e. The van der Waals surface area contributed by atoms with Crippen LogP contribution in [0.5, 0.6) is 0 Å². The Morgan fingerprint density at radius 2 is 1.60 bits per heavy atom. The summed E-state index contributed by atoms with van der Waals surface area (Å²) < 4.78 is 5.01. The summed E-state index contributed by atoms with van der Waals surface area (Å²) in [4.78, 5) is 36.2. The van der Waals surface area contributed by atoms with E-state index in [9.17, 15) is 14.4 Å². The van der Waals surface area contributed by atoms with E-state index in [-0.39, 0.29) is 18.4 Å². The highest BCUT2D eigenvalue weighted by Gasteiger charge is 2.21. The fourth-order valence-corrected chi connectivity index (χ4v) is 3.66. The van der Waals surface area contributed by atoms with Crippen molar-refractivity contribution in [2.45, 2.75) is 38.5 Å². The van der Waals surface area contributed by atoms with Crippen molar-refractivity contribution in [1.29, 1.82) is 0 Å². The summed E-state index contributed by atoms with van der Waals surface area (Å²) >= 11 is 0. The topological polar surface area (TPSA) is 84.5 Å². The Morgan fingerprint density at radius 3 is 2.37 bits per heavy atom. The number of nitrogens with one attached hydrogen (secondary N) is 2. The van der Waals surface area contributed by atoms with Crippen molar-refractivity contribution >= 4 is 23.5 Å². The van der Waals surface area contributed by atoms with E-state index < -0.39 is 18.5 Å². The molecule has 1 aliphatic rings. The summed E-state index contributed by atoms with van der Waals surface area (Å²) in [6, 6.07) is 17.5. The van der Waals surface area contributed by atoms with Gasteiger partial charge in [0.15, 0.2) is 6.61 Å². The van der Waals surface area contributed by atoms with Gasteiger partial charge in [0.2, 0.25) is 5.91 Å². The van der Waals surface area contributed by atoms with Crippen molar-refractivity contribution < 1.29 is 19.1 Å². The third-order valence-electron chi connectivity index (χ3n) is 5.28. The molecule has 0 spiro atoms. The number of ether oxygens (including phenoxy) is 1. The van der Waals surface area contributed by atoms with Crippen LogP contribution >= 0.6 is 0 Å². The lowest BCUT2D eigenvalue weighted by molar-refractivity contribution is -0.147. The molecule has 0 bridgehead atoms. The lowest BCUT2D eigenvalue weighted by atomic mass is 9.89. The molecular weight excluding hydrogens is 380 g/mol. The first kappa shape index (κ1) is 21.6. The maximum atomic E-state index is 12.2. The van der Waals surface area contributed by atoms with Crippen LogP contribution in [0.1, 0.15) is 43.2 Å². The standard InChI is InChI=1S/C24H28N2O4/c27-22(17-30-23(28)16-25-24(29)19-11-5-2-6-12-19)26-21-14-8-7-13-20(21)15-18-9-3-1-4-10-18/h1,3-4,7-10,13-14,19H,2,5-6,11-12,15-17H2,(H,25,29)(H,26,27). The van der Waals surface area contributed by atoms with Gasteiger partial charge in [-0.15, -0.1) is 0 Å². The van der Waals surface area contributed by atoms with Gasteiger partial charge in [0.1, 0.15) is 6.54 Å². The van der Waals surface area contributed by atoms with Crippen molar-refractivity contribution in [3.05, 3.63) is 65.7 Å². The molecule has 0 atom stereocenters. The molecule has 0 aromatic heterocycles. The van der Waals surface area contributed by atoms with Crippen molar-refractivity contribution in [3.8, 4) is 0 Å². The lowest BCUT2D eigenvalue weighted by Gasteiger charge is -2.20. The van der Waals surface area contributed by atoms with Crippen LogP contribution in [0.15, 0.2) is 54.6 Å². The first-order valence-corrected chi connectivity index (χ1v) is 10.5. The number of esters is 1. The molecule has 6 nitrogen and oxygen atoms in total. The summed E-state index contributed by atoms with van der Waals surface area (Å²) in [6.07, 6.45) is 5.68. The largest absolute Gasteiger partial charge is 0.454 e. The number of hydrogen-bond donors (Lipinski definition) is 2. The maximum absolute atomic E-state index is 12.2. The molecule has 6 heteroatoms. The molecule has 1 aliphatic carbocycles. The molecule has 2 N–H and O–H groups in total. The van der Waals surface area contributed by atoms with Gasteiger partial charge in [-0.3, -0.25) is 14.4 Å². The number of anilines is 1. The highest BCUT2D eigenvalue weighted by molar-refractivity contribution is 5.94. The third-order valence-corrected chi connectivity index (χ3v) is 5.28. The third kappa shape index (κ3) is 6.72. The summed E-state index contributed by atoms with van der Waals surface area (Å²) in [5.74, 6) is -1.16. The molecule has 30 heavy (non-hydrogen) atoms. The number of hydrogen-bond acceptors (Lipinski definition) is 4. The number of benzene rings is 2. The monoisotopic (exact) mass is 408 g/mol. The van der Waals surface area contributed by atoms with Crippen LogP contribution in [0.25, 0.3) is 0 Å². The van der Waals surface area contributed by atoms with Gasteiger partial charge in [-0.1, -0.05) is 67.8 Å². The van der Waals surface area contributed by atoms with E-state index in [2.05, 4.69) is 10.6 Å². The zero-order valence-electron chi connectivity index (χ0n) is 17.1. The zero-order valence-corrected chi connectivity index (χ0v) is 17.1. The fourth-order valence-electron chi connectivity index (χ4n) is 3.66. The highest BCUT2D eigenvalue weighted by atomic mass is 16.5. The van der Waals surface area contributed by atoms with Crippen LogP contribution in [0, 0.1) is 5.92 Å². The number of carbonyl (C=O) groups excluding carboxylic acids is 3. The Bertz CT molecular complexity index is 861. The molecule has 0 saturated heterocycles. The van der Waals surface area contributed by atoms with E-state index in [1.165, 1.54) is 0 Å². The first-order valence-electron chi connectivity index (χ1n) is 10.5. The molecule has 2 aromatic carbocycles. The smallest absolute Gasteiger partial charge is 0.325 e. The average molecular weight is 408 g/mol. The van der Waals surface area contributed by atoms with Crippen LogP contribution in [0.3, 0.4) is 0 Å².